The Hall–Kier alpha value is -2.54. The standard InChI is InChI=1S/C13H14N2O5/c1-19-7-3-4-8(9(5-7)20-2)12(16)10-11(13(17)18)15-6-14-10/h3-6,12,16H,1-2H3,(H,14,15)(H,17,18). The molecular formula is C13H14N2O5. The van der Waals surface area contributed by atoms with Crippen molar-refractivity contribution < 1.29 is 24.5 Å². The molecule has 1 heterocycles. The number of aliphatic hydroxyl groups is 1. The number of aliphatic hydroxyl groups excluding tert-OH is 1. The normalized spacial score (nSPS) is 11.9. The molecule has 1 aromatic heterocycles. The average Bonchev–Trinajstić information content (AvgIpc) is 2.95. The summed E-state index contributed by atoms with van der Waals surface area (Å²) in [4.78, 5) is 17.3. The lowest BCUT2D eigenvalue weighted by atomic mass is 10.0. The van der Waals surface area contributed by atoms with Crippen LogP contribution in [0.1, 0.15) is 27.8 Å². The number of ether oxygens (including phenoxy) is 2. The zero-order valence-corrected chi connectivity index (χ0v) is 11.0. The summed E-state index contributed by atoms with van der Waals surface area (Å²) in [7, 11) is 2.97. The van der Waals surface area contributed by atoms with Crippen LogP contribution >= 0.6 is 0 Å². The SMILES string of the molecule is COc1ccc(C(O)c2[nH]cnc2C(=O)O)c(OC)c1. The van der Waals surface area contributed by atoms with E-state index in [9.17, 15) is 9.90 Å². The van der Waals surface area contributed by atoms with Crippen molar-refractivity contribution in [1.82, 2.24) is 9.97 Å². The number of nitrogens with zero attached hydrogens (tertiary/aromatic N) is 1. The van der Waals surface area contributed by atoms with Gasteiger partial charge in [-0.1, -0.05) is 0 Å². The van der Waals surface area contributed by atoms with Crippen molar-refractivity contribution in [2.45, 2.75) is 6.10 Å². The maximum atomic E-state index is 11.0. The molecule has 0 amide bonds. The van der Waals surface area contributed by atoms with Crippen LogP contribution in [0.15, 0.2) is 24.5 Å². The number of aromatic carboxylic acids is 1. The maximum Gasteiger partial charge on any atom is 0.356 e. The van der Waals surface area contributed by atoms with Crippen LogP contribution in [0.25, 0.3) is 0 Å². The highest BCUT2D eigenvalue weighted by Crippen LogP contribution is 2.33. The predicted molar refractivity (Wildman–Crippen MR) is 69.2 cm³/mol. The number of rotatable bonds is 5. The van der Waals surface area contributed by atoms with E-state index in [0.29, 0.717) is 17.1 Å². The summed E-state index contributed by atoms with van der Waals surface area (Å²) in [6, 6.07) is 4.86. The molecule has 0 saturated heterocycles. The van der Waals surface area contributed by atoms with E-state index in [2.05, 4.69) is 9.97 Å². The Morgan fingerprint density at radius 3 is 2.70 bits per heavy atom. The molecule has 0 spiro atoms. The third-order valence-corrected chi connectivity index (χ3v) is 2.88. The highest BCUT2D eigenvalue weighted by atomic mass is 16.5. The average molecular weight is 278 g/mol. The van der Waals surface area contributed by atoms with Crippen LogP contribution in [0, 0.1) is 0 Å². The van der Waals surface area contributed by atoms with E-state index < -0.39 is 12.1 Å². The molecule has 106 valence electrons. The molecule has 0 bridgehead atoms. The second-order valence-electron chi connectivity index (χ2n) is 3.98. The zero-order chi connectivity index (χ0) is 14.7. The van der Waals surface area contributed by atoms with E-state index in [1.54, 1.807) is 18.2 Å². The molecule has 0 aliphatic rings. The summed E-state index contributed by atoms with van der Waals surface area (Å²) in [6.07, 6.45) is 0.0299. The van der Waals surface area contributed by atoms with Crippen LogP contribution in [-0.4, -0.2) is 40.4 Å². The monoisotopic (exact) mass is 278 g/mol. The van der Waals surface area contributed by atoms with E-state index >= 15 is 0 Å². The number of carboxylic acid groups (broad SMARTS) is 1. The number of aromatic nitrogens is 2. The number of carbonyl (C=O) groups is 1. The third kappa shape index (κ3) is 2.43. The molecule has 1 atom stereocenters. The summed E-state index contributed by atoms with van der Waals surface area (Å²) in [5.41, 5.74) is 0.288. The number of nitrogens with one attached hydrogen (secondary N) is 1. The number of carboxylic acids is 1. The van der Waals surface area contributed by atoms with Gasteiger partial charge in [-0.25, -0.2) is 9.78 Å². The van der Waals surface area contributed by atoms with Crippen molar-refractivity contribution in [2.24, 2.45) is 0 Å². The van der Waals surface area contributed by atoms with Gasteiger partial charge in [0.25, 0.3) is 0 Å². The minimum absolute atomic E-state index is 0.0981. The molecule has 1 aromatic carbocycles. The van der Waals surface area contributed by atoms with Crippen molar-refractivity contribution in [3.8, 4) is 11.5 Å². The molecule has 20 heavy (non-hydrogen) atoms. The third-order valence-electron chi connectivity index (χ3n) is 2.88. The first kappa shape index (κ1) is 13.9. The van der Waals surface area contributed by atoms with Gasteiger partial charge >= 0.3 is 5.97 Å². The largest absolute Gasteiger partial charge is 0.497 e. The maximum absolute atomic E-state index is 11.0. The van der Waals surface area contributed by atoms with E-state index in [-0.39, 0.29) is 11.4 Å². The van der Waals surface area contributed by atoms with E-state index in [1.165, 1.54) is 20.5 Å². The van der Waals surface area contributed by atoms with Gasteiger partial charge < -0.3 is 24.7 Å². The van der Waals surface area contributed by atoms with Crippen molar-refractivity contribution in [2.75, 3.05) is 14.2 Å². The van der Waals surface area contributed by atoms with Crippen LogP contribution in [-0.2, 0) is 0 Å². The highest BCUT2D eigenvalue weighted by Gasteiger charge is 2.24. The Kier molecular flexibility index (Phi) is 3.90. The smallest absolute Gasteiger partial charge is 0.356 e. The lowest BCUT2D eigenvalue weighted by Gasteiger charge is -2.15. The van der Waals surface area contributed by atoms with Gasteiger partial charge in [-0.15, -0.1) is 0 Å². The number of aromatic amines is 1. The van der Waals surface area contributed by atoms with Crippen molar-refractivity contribution >= 4 is 5.97 Å². The van der Waals surface area contributed by atoms with Crippen molar-refractivity contribution in [3.63, 3.8) is 0 Å². The molecule has 7 nitrogen and oxygen atoms in total. The lowest BCUT2D eigenvalue weighted by Crippen LogP contribution is -2.09. The van der Waals surface area contributed by atoms with E-state index in [1.807, 2.05) is 0 Å². The fraction of sp³-hybridized carbons (Fsp3) is 0.231. The number of methoxy groups -OCH3 is 2. The van der Waals surface area contributed by atoms with Gasteiger partial charge in [0.2, 0.25) is 0 Å². The van der Waals surface area contributed by atoms with Crippen LogP contribution in [0.2, 0.25) is 0 Å². The van der Waals surface area contributed by atoms with Crippen molar-refractivity contribution in [3.05, 3.63) is 41.5 Å². The summed E-state index contributed by atoms with van der Waals surface area (Å²) in [5, 5.41) is 19.3. The molecule has 0 aliphatic heterocycles. The second-order valence-corrected chi connectivity index (χ2v) is 3.98. The van der Waals surface area contributed by atoms with Gasteiger partial charge in [-0.2, -0.15) is 0 Å². The summed E-state index contributed by atoms with van der Waals surface area (Å²) in [5.74, 6) is -0.253. The molecule has 2 aromatic rings. The minimum Gasteiger partial charge on any atom is -0.497 e. The Balaban J connectivity index is 2.45. The van der Waals surface area contributed by atoms with Crippen LogP contribution < -0.4 is 9.47 Å². The van der Waals surface area contributed by atoms with E-state index in [4.69, 9.17) is 14.6 Å². The van der Waals surface area contributed by atoms with Gasteiger partial charge in [-0.05, 0) is 12.1 Å². The molecular weight excluding hydrogens is 264 g/mol. The number of hydrogen-bond donors (Lipinski definition) is 3. The first-order chi connectivity index (χ1) is 9.58. The summed E-state index contributed by atoms with van der Waals surface area (Å²) in [6.45, 7) is 0. The Bertz CT molecular complexity index is 623. The lowest BCUT2D eigenvalue weighted by molar-refractivity contribution is 0.0685. The zero-order valence-electron chi connectivity index (χ0n) is 11.0. The molecule has 2 rings (SSSR count). The molecule has 7 heteroatoms. The molecule has 3 N–H and O–H groups in total. The van der Waals surface area contributed by atoms with Gasteiger partial charge in [0.15, 0.2) is 5.69 Å². The Morgan fingerprint density at radius 1 is 1.35 bits per heavy atom. The predicted octanol–water partition coefficient (Wildman–Crippen LogP) is 1.21. The van der Waals surface area contributed by atoms with Crippen LogP contribution in [0.5, 0.6) is 11.5 Å². The minimum atomic E-state index is -1.22. The van der Waals surface area contributed by atoms with E-state index in [0.717, 1.165) is 0 Å². The molecule has 0 aliphatic carbocycles. The summed E-state index contributed by atoms with van der Waals surface area (Å²) >= 11 is 0. The fourth-order valence-electron chi connectivity index (χ4n) is 1.88. The van der Waals surface area contributed by atoms with Gasteiger partial charge in [0.05, 0.1) is 26.2 Å². The molecule has 0 saturated carbocycles. The quantitative estimate of drug-likeness (QED) is 0.759. The molecule has 0 fully saturated rings. The van der Waals surface area contributed by atoms with Crippen LogP contribution in [0.4, 0.5) is 0 Å². The number of benzene rings is 1. The number of hydrogen-bond acceptors (Lipinski definition) is 5. The first-order valence-corrected chi connectivity index (χ1v) is 5.75. The highest BCUT2D eigenvalue weighted by molar-refractivity contribution is 5.87. The fourth-order valence-corrected chi connectivity index (χ4v) is 1.88. The Labute approximate surface area is 114 Å². The van der Waals surface area contributed by atoms with Gasteiger partial charge in [0.1, 0.15) is 17.6 Å². The van der Waals surface area contributed by atoms with Crippen LogP contribution in [0.3, 0.4) is 0 Å². The first-order valence-electron chi connectivity index (χ1n) is 5.75. The second kappa shape index (κ2) is 5.62. The van der Waals surface area contributed by atoms with Crippen molar-refractivity contribution in [1.29, 1.82) is 0 Å². The molecule has 0 radical (unpaired) electrons. The topological polar surface area (TPSA) is 105 Å². The number of H-pyrrole nitrogens is 1. The van der Waals surface area contributed by atoms with Gasteiger partial charge in [0, 0.05) is 11.6 Å². The summed E-state index contributed by atoms with van der Waals surface area (Å²) < 4.78 is 10.3. The Morgan fingerprint density at radius 2 is 2.10 bits per heavy atom. The molecule has 1 unspecified atom stereocenters. The van der Waals surface area contributed by atoms with Gasteiger partial charge in [-0.3, -0.25) is 0 Å². The number of imidazole rings is 1.